The van der Waals surface area contributed by atoms with E-state index < -0.39 is 0 Å². The van der Waals surface area contributed by atoms with Crippen LogP contribution < -0.4 is 15.4 Å². The molecule has 0 spiro atoms. The number of carbonyl (C=O) groups excluding carboxylic acids is 2. The minimum absolute atomic E-state index is 0.198. The van der Waals surface area contributed by atoms with Gasteiger partial charge in [-0.1, -0.05) is 30.3 Å². The van der Waals surface area contributed by atoms with Crippen LogP contribution in [0.2, 0.25) is 0 Å². The second kappa shape index (κ2) is 8.53. The number of nitrogens with one attached hydrogen (secondary N) is 2. The maximum absolute atomic E-state index is 12.5. The summed E-state index contributed by atoms with van der Waals surface area (Å²) in [5.41, 5.74) is 1.04. The highest BCUT2D eigenvalue weighted by atomic mass is 16.5. The molecule has 0 fully saturated rings. The van der Waals surface area contributed by atoms with Crippen LogP contribution >= 0.6 is 0 Å². The van der Waals surface area contributed by atoms with Crippen molar-refractivity contribution in [2.75, 3.05) is 11.9 Å². The van der Waals surface area contributed by atoms with Gasteiger partial charge in [-0.05, 0) is 36.4 Å². The molecule has 2 aromatic carbocycles. The predicted molar refractivity (Wildman–Crippen MR) is 96.9 cm³/mol. The van der Waals surface area contributed by atoms with Crippen molar-refractivity contribution in [2.24, 2.45) is 0 Å². The number of benzene rings is 2. The van der Waals surface area contributed by atoms with Crippen molar-refractivity contribution in [3.63, 3.8) is 0 Å². The number of hydrogen-bond donors (Lipinski definition) is 2. The maximum atomic E-state index is 12.5. The Morgan fingerprint density at radius 2 is 1.69 bits per heavy atom. The fraction of sp³-hybridized carbons (Fsp3) is 0.100. The van der Waals surface area contributed by atoms with Crippen LogP contribution in [0.25, 0.3) is 0 Å². The van der Waals surface area contributed by atoms with E-state index in [9.17, 15) is 9.59 Å². The van der Waals surface area contributed by atoms with Gasteiger partial charge in [0.2, 0.25) is 0 Å². The van der Waals surface area contributed by atoms with Crippen molar-refractivity contribution < 1.29 is 18.7 Å². The second-order valence-corrected chi connectivity index (χ2v) is 5.46. The van der Waals surface area contributed by atoms with Gasteiger partial charge >= 0.3 is 0 Å². The van der Waals surface area contributed by atoms with E-state index in [2.05, 4.69) is 10.6 Å². The molecular weight excluding hydrogens is 332 g/mol. The van der Waals surface area contributed by atoms with Crippen LogP contribution in [0.1, 0.15) is 16.1 Å². The highest BCUT2D eigenvalue weighted by molar-refractivity contribution is 6.06. The van der Waals surface area contributed by atoms with Crippen molar-refractivity contribution in [2.45, 2.75) is 6.54 Å². The van der Waals surface area contributed by atoms with Gasteiger partial charge in [-0.15, -0.1) is 0 Å². The number of furan rings is 1. The zero-order valence-corrected chi connectivity index (χ0v) is 14.0. The lowest BCUT2D eigenvalue weighted by molar-refractivity contribution is -0.123. The average Bonchev–Trinajstić information content (AvgIpc) is 3.19. The van der Waals surface area contributed by atoms with E-state index in [4.69, 9.17) is 9.15 Å². The summed E-state index contributed by atoms with van der Waals surface area (Å²) < 4.78 is 10.7. The summed E-state index contributed by atoms with van der Waals surface area (Å²) in [6.07, 6.45) is 1.54. The molecule has 0 aliphatic carbocycles. The summed E-state index contributed by atoms with van der Waals surface area (Å²) in [6, 6.07) is 19.4. The van der Waals surface area contributed by atoms with Crippen LogP contribution in [0.4, 0.5) is 5.69 Å². The molecule has 0 bridgehead atoms. The van der Waals surface area contributed by atoms with Gasteiger partial charge in [0.15, 0.2) is 6.61 Å². The zero-order valence-electron chi connectivity index (χ0n) is 14.0. The van der Waals surface area contributed by atoms with E-state index in [1.807, 2.05) is 18.2 Å². The molecular formula is C20H18N2O4. The molecule has 6 nitrogen and oxygen atoms in total. The zero-order chi connectivity index (χ0) is 18.2. The summed E-state index contributed by atoms with van der Waals surface area (Å²) in [5.74, 6) is 0.387. The van der Waals surface area contributed by atoms with Crippen LogP contribution in [-0.4, -0.2) is 18.4 Å². The van der Waals surface area contributed by atoms with Crippen LogP contribution in [0.15, 0.2) is 77.4 Å². The molecule has 0 aliphatic heterocycles. The number of ether oxygens (including phenoxy) is 1. The molecule has 26 heavy (non-hydrogen) atoms. The fourth-order valence-corrected chi connectivity index (χ4v) is 2.29. The third kappa shape index (κ3) is 4.73. The first-order valence-electron chi connectivity index (χ1n) is 8.09. The molecule has 6 heteroatoms. The molecule has 1 heterocycles. The molecule has 2 N–H and O–H groups in total. The minimum Gasteiger partial charge on any atom is -0.483 e. The number of carbonyl (C=O) groups is 2. The van der Waals surface area contributed by atoms with Crippen molar-refractivity contribution in [1.82, 2.24) is 5.32 Å². The van der Waals surface area contributed by atoms with Crippen molar-refractivity contribution in [3.8, 4) is 5.75 Å². The van der Waals surface area contributed by atoms with Gasteiger partial charge in [0.1, 0.15) is 11.5 Å². The SMILES string of the molecule is O=C(COc1ccccc1C(=O)Nc1ccccc1)NCc1ccco1. The van der Waals surface area contributed by atoms with Crippen molar-refractivity contribution in [1.29, 1.82) is 0 Å². The van der Waals surface area contributed by atoms with Crippen LogP contribution in [0.5, 0.6) is 5.75 Å². The Balaban J connectivity index is 1.58. The van der Waals surface area contributed by atoms with E-state index in [1.165, 1.54) is 0 Å². The molecule has 0 saturated carbocycles. The first-order valence-corrected chi connectivity index (χ1v) is 8.09. The van der Waals surface area contributed by atoms with Gasteiger partial charge in [0, 0.05) is 5.69 Å². The summed E-state index contributed by atoms with van der Waals surface area (Å²) in [5, 5.41) is 5.48. The normalized spacial score (nSPS) is 10.2. The Hall–Kier alpha value is -3.54. The standard InChI is InChI=1S/C20H18N2O4/c23-19(21-13-16-9-6-12-25-16)14-26-18-11-5-4-10-17(18)20(24)22-15-7-2-1-3-8-15/h1-12H,13-14H2,(H,21,23)(H,22,24). The molecule has 1 aromatic heterocycles. The summed E-state index contributed by atoms with van der Waals surface area (Å²) in [4.78, 5) is 24.4. The maximum Gasteiger partial charge on any atom is 0.259 e. The summed E-state index contributed by atoms with van der Waals surface area (Å²) in [6.45, 7) is 0.0850. The molecule has 0 aliphatic rings. The number of amides is 2. The molecule has 0 unspecified atom stereocenters. The van der Waals surface area contributed by atoms with E-state index >= 15 is 0 Å². The van der Waals surface area contributed by atoms with Gasteiger partial charge in [-0.3, -0.25) is 9.59 Å². The van der Waals surface area contributed by atoms with Gasteiger partial charge < -0.3 is 19.8 Å². The molecule has 0 radical (unpaired) electrons. The molecule has 132 valence electrons. The van der Waals surface area contributed by atoms with Crippen LogP contribution in [0, 0.1) is 0 Å². The van der Waals surface area contributed by atoms with Crippen LogP contribution in [0.3, 0.4) is 0 Å². The van der Waals surface area contributed by atoms with Gasteiger partial charge in [-0.25, -0.2) is 0 Å². The van der Waals surface area contributed by atoms with E-state index in [0.717, 1.165) is 0 Å². The van der Waals surface area contributed by atoms with Crippen molar-refractivity contribution in [3.05, 3.63) is 84.3 Å². The van der Waals surface area contributed by atoms with E-state index in [-0.39, 0.29) is 25.0 Å². The Labute approximate surface area is 150 Å². The number of anilines is 1. The lowest BCUT2D eigenvalue weighted by atomic mass is 10.2. The van der Waals surface area contributed by atoms with Crippen LogP contribution in [-0.2, 0) is 11.3 Å². The smallest absolute Gasteiger partial charge is 0.259 e. The third-order valence-corrected chi connectivity index (χ3v) is 3.56. The van der Waals surface area contributed by atoms with Gasteiger partial charge in [0.05, 0.1) is 18.4 Å². The first-order chi connectivity index (χ1) is 12.7. The Bertz CT molecular complexity index is 861. The lowest BCUT2D eigenvalue weighted by Gasteiger charge is -2.11. The van der Waals surface area contributed by atoms with Crippen molar-refractivity contribution >= 4 is 17.5 Å². The second-order valence-electron chi connectivity index (χ2n) is 5.46. The van der Waals surface area contributed by atoms with E-state index in [0.29, 0.717) is 22.8 Å². The van der Waals surface area contributed by atoms with Gasteiger partial charge in [0.25, 0.3) is 11.8 Å². The molecule has 0 saturated heterocycles. The Morgan fingerprint density at radius 1 is 0.923 bits per heavy atom. The monoisotopic (exact) mass is 350 g/mol. The Morgan fingerprint density at radius 3 is 2.46 bits per heavy atom. The number of hydrogen-bond acceptors (Lipinski definition) is 4. The van der Waals surface area contributed by atoms with E-state index in [1.54, 1.807) is 54.8 Å². The Kier molecular flexibility index (Phi) is 5.67. The predicted octanol–water partition coefficient (Wildman–Crippen LogP) is 3.23. The quantitative estimate of drug-likeness (QED) is 0.685. The number of para-hydroxylation sites is 2. The van der Waals surface area contributed by atoms with Gasteiger partial charge in [-0.2, -0.15) is 0 Å². The molecule has 3 rings (SSSR count). The topological polar surface area (TPSA) is 80.6 Å². The summed E-state index contributed by atoms with van der Waals surface area (Å²) >= 11 is 0. The average molecular weight is 350 g/mol. The summed E-state index contributed by atoms with van der Waals surface area (Å²) in [7, 11) is 0. The largest absolute Gasteiger partial charge is 0.483 e. The highest BCUT2D eigenvalue weighted by Gasteiger charge is 2.13. The third-order valence-electron chi connectivity index (χ3n) is 3.56. The fourth-order valence-electron chi connectivity index (χ4n) is 2.29. The molecule has 2 amide bonds. The first kappa shape index (κ1) is 17.3. The number of rotatable bonds is 7. The molecule has 3 aromatic rings. The lowest BCUT2D eigenvalue weighted by Crippen LogP contribution is -2.28. The molecule has 0 atom stereocenters. The minimum atomic E-state index is -0.306. The highest BCUT2D eigenvalue weighted by Crippen LogP contribution is 2.19.